The molecule has 1 aromatic carbocycles. The molecule has 5 nitrogen and oxygen atoms in total. The van der Waals surface area contributed by atoms with Gasteiger partial charge in [0.2, 0.25) is 0 Å². The van der Waals surface area contributed by atoms with Crippen LogP contribution in [0.1, 0.15) is 19.9 Å². The molecule has 0 spiro atoms. The Morgan fingerprint density at radius 1 is 1.18 bits per heavy atom. The van der Waals surface area contributed by atoms with Gasteiger partial charge in [-0.05, 0) is 32.0 Å². The molecule has 110 valence electrons. The van der Waals surface area contributed by atoms with E-state index in [4.69, 9.17) is 10.8 Å². The molecule has 0 radical (unpaired) electrons. The molecule has 3 heterocycles. The minimum Gasteiger partial charge on any atom is -0.383 e. The predicted molar refractivity (Wildman–Crippen MR) is 89.6 cm³/mol. The van der Waals surface area contributed by atoms with E-state index in [0.29, 0.717) is 5.82 Å². The van der Waals surface area contributed by atoms with E-state index < -0.39 is 0 Å². The third kappa shape index (κ3) is 1.79. The molecule has 0 saturated carbocycles. The molecule has 22 heavy (non-hydrogen) atoms. The molecule has 5 heteroatoms. The van der Waals surface area contributed by atoms with E-state index in [1.54, 1.807) is 6.20 Å². The fourth-order valence-corrected chi connectivity index (χ4v) is 2.90. The smallest absolute Gasteiger partial charge is 0.135 e. The number of nitrogens with one attached hydrogen (secondary N) is 1. The van der Waals surface area contributed by atoms with Crippen LogP contribution in [0.5, 0.6) is 0 Å². The summed E-state index contributed by atoms with van der Waals surface area (Å²) >= 11 is 0. The number of rotatable bonds is 2. The standard InChI is InChI=1S/C17H17N5/c1-10(2)22-14-7-8-19-17(18)15(14)16(21-22)13-9-11-5-3-4-6-12(11)20-13/h3-10,20H,1-2H3,(H2,18,19). The number of nitrogen functional groups attached to an aromatic ring is 1. The van der Waals surface area contributed by atoms with Gasteiger partial charge in [0.05, 0.1) is 16.6 Å². The summed E-state index contributed by atoms with van der Waals surface area (Å²) in [4.78, 5) is 7.65. The maximum atomic E-state index is 6.12. The minimum atomic E-state index is 0.252. The lowest BCUT2D eigenvalue weighted by Gasteiger charge is -2.06. The first-order valence-electron chi connectivity index (χ1n) is 7.36. The molecule has 0 aliphatic heterocycles. The first-order valence-corrected chi connectivity index (χ1v) is 7.36. The van der Waals surface area contributed by atoms with E-state index in [1.807, 2.05) is 22.9 Å². The zero-order valence-electron chi connectivity index (χ0n) is 12.5. The van der Waals surface area contributed by atoms with Gasteiger partial charge in [-0.3, -0.25) is 4.68 Å². The van der Waals surface area contributed by atoms with Gasteiger partial charge in [-0.2, -0.15) is 5.10 Å². The van der Waals surface area contributed by atoms with Crippen molar-refractivity contribution in [3.63, 3.8) is 0 Å². The Labute approximate surface area is 127 Å². The van der Waals surface area contributed by atoms with Crippen LogP contribution in [-0.4, -0.2) is 19.7 Å². The van der Waals surface area contributed by atoms with Gasteiger partial charge in [0.25, 0.3) is 0 Å². The van der Waals surface area contributed by atoms with Crippen molar-refractivity contribution in [3.8, 4) is 11.4 Å². The molecule has 3 aromatic heterocycles. The van der Waals surface area contributed by atoms with Crippen LogP contribution in [0, 0.1) is 0 Å². The molecule has 4 rings (SSSR count). The quantitative estimate of drug-likeness (QED) is 0.591. The van der Waals surface area contributed by atoms with E-state index in [0.717, 1.165) is 33.2 Å². The molecule has 0 bridgehead atoms. The van der Waals surface area contributed by atoms with Crippen molar-refractivity contribution in [2.24, 2.45) is 0 Å². The second-order valence-electron chi connectivity index (χ2n) is 5.75. The maximum absolute atomic E-state index is 6.12. The normalized spacial score (nSPS) is 11.8. The Balaban J connectivity index is 2.05. The number of fused-ring (bicyclic) bond motifs is 2. The SMILES string of the molecule is CC(C)n1nc(-c2cc3ccccc3[nH]2)c2c(N)nccc21. The van der Waals surface area contributed by atoms with Gasteiger partial charge >= 0.3 is 0 Å². The van der Waals surface area contributed by atoms with Gasteiger partial charge in [-0.15, -0.1) is 0 Å². The van der Waals surface area contributed by atoms with Crippen LogP contribution in [0.25, 0.3) is 33.2 Å². The monoisotopic (exact) mass is 291 g/mol. The average Bonchev–Trinajstić information content (AvgIpc) is 3.08. The average molecular weight is 291 g/mol. The topological polar surface area (TPSA) is 72.5 Å². The Morgan fingerprint density at radius 3 is 2.77 bits per heavy atom. The lowest BCUT2D eigenvalue weighted by Crippen LogP contribution is -2.02. The molecule has 4 aromatic rings. The number of nitrogens with zero attached hydrogens (tertiary/aromatic N) is 3. The molecule has 3 N–H and O–H groups in total. The van der Waals surface area contributed by atoms with Crippen LogP contribution in [0.15, 0.2) is 42.6 Å². The van der Waals surface area contributed by atoms with Crippen molar-refractivity contribution in [3.05, 3.63) is 42.6 Å². The molecule has 0 aliphatic carbocycles. The third-order valence-corrected chi connectivity index (χ3v) is 3.92. The molecule has 0 unspecified atom stereocenters. The second-order valence-corrected chi connectivity index (χ2v) is 5.75. The van der Waals surface area contributed by atoms with E-state index in [-0.39, 0.29) is 6.04 Å². The van der Waals surface area contributed by atoms with Gasteiger partial charge in [0.1, 0.15) is 11.5 Å². The highest BCUT2D eigenvalue weighted by atomic mass is 15.3. The first kappa shape index (κ1) is 12.9. The Hall–Kier alpha value is -2.82. The van der Waals surface area contributed by atoms with Gasteiger partial charge in [0.15, 0.2) is 0 Å². The van der Waals surface area contributed by atoms with Crippen LogP contribution < -0.4 is 5.73 Å². The Bertz CT molecular complexity index is 944. The van der Waals surface area contributed by atoms with Crippen molar-refractivity contribution in [2.75, 3.05) is 5.73 Å². The van der Waals surface area contributed by atoms with Crippen molar-refractivity contribution in [1.29, 1.82) is 0 Å². The summed E-state index contributed by atoms with van der Waals surface area (Å²) < 4.78 is 1.99. The summed E-state index contributed by atoms with van der Waals surface area (Å²) in [6.45, 7) is 4.22. The predicted octanol–water partition coefficient (Wildman–Crippen LogP) is 3.74. The summed E-state index contributed by atoms with van der Waals surface area (Å²) in [6, 6.07) is 12.5. The lowest BCUT2D eigenvalue weighted by atomic mass is 10.2. The van der Waals surface area contributed by atoms with Gasteiger partial charge < -0.3 is 10.7 Å². The third-order valence-electron chi connectivity index (χ3n) is 3.92. The highest BCUT2D eigenvalue weighted by Crippen LogP contribution is 2.33. The van der Waals surface area contributed by atoms with Crippen LogP contribution in [-0.2, 0) is 0 Å². The summed E-state index contributed by atoms with van der Waals surface area (Å²) in [5.41, 5.74) is 10.0. The zero-order valence-corrected chi connectivity index (χ0v) is 12.5. The molecule has 0 amide bonds. The van der Waals surface area contributed by atoms with Crippen LogP contribution >= 0.6 is 0 Å². The molecular formula is C17H17N5. The number of pyridine rings is 1. The van der Waals surface area contributed by atoms with Crippen LogP contribution in [0.4, 0.5) is 5.82 Å². The zero-order chi connectivity index (χ0) is 15.3. The maximum Gasteiger partial charge on any atom is 0.135 e. The molecule has 0 saturated heterocycles. The number of para-hydroxylation sites is 1. The summed E-state index contributed by atoms with van der Waals surface area (Å²) in [5, 5.41) is 6.85. The largest absolute Gasteiger partial charge is 0.383 e. The highest BCUT2D eigenvalue weighted by Gasteiger charge is 2.18. The second kappa shape index (κ2) is 4.59. The van der Waals surface area contributed by atoms with Crippen LogP contribution in [0.2, 0.25) is 0 Å². The molecule has 0 fully saturated rings. The van der Waals surface area contributed by atoms with E-state index in [1.165, 1.54) is 0 Å². The number of H-pyrrole nitrogens is 1. The van der Waals surface area contributed by atoms with E-state index in [9.17, 15) is 0 Å². The van der Waals surface area contributed by atoms with Crippen molar-refractivity contribution < 1.29 is 0 Å². The van der Waals surface area contributed by atoms with Crippen molar-refractivity contribution in [2.45, 2.75) is 19.9 Å². The minimum absolute atomic E-state index is 0.252. The number of anilines is 1. The number of aromatic amines is 1. The summed E-state index contributed by atoms with van der Waals surface area (Å²) in [6.07, 6.45) is 1.73. The Morgan fingerprint density at radius 2 is 2.00 bits per heavy atom. The van der Waals surface area contributed by atoms with Gasteiger partial charge in [0, 0.05) is 23.1 Å². The number of aromatic nitrogens is 4. The van der Waals surface area contributed by atoms with Gasteiger partial charge in [-0.1, -0.05) is 18.2 Å². The fourth-order valence-electron chi connectivity index (χ4n) is 2.90. The lowest BCUT2D eigenvalue weighted by molar-refractivity contribution is 0.552. The summed E-state index contributed by atoms with van der Waals surface area (Å²) in [7, 11) is 0. The highest BCUT2D eigenvalue weighted by molar-refractivity contribution is 6.01. The van der Waals surface area contributed by atoms with Crippen molar-refractivity contribution in [1.82, 2.24) is 19.7 Å². The first-order chi connectivity index (χ1) is 10.6. The molecule has 0 aliphatic rings. The van der Waals surface area contributed by atoms with E-state index in [2.05, 4.69) is 42.0 Å². The molecular weight excluding hydrogens is 274 g/mol. The number of nitrogens with two attached hydrogens (primary N) is 1. The number of hydrogen-bond donors (Lipinski definition) is 2. The van der Waals surface area contributed by atoms with Crippen molar-refractivity contribution >= 4 is 27.6 Å². The molecule has 0 atom stereocenters. The van der Waals surface area contributed by atoms with E-state index >= 15 is 0 Å². The Kier molecular flexibility index (Phi) is 2.69. The number of benzene rings is 1. The fraction of sp³-hybridized carbons (Fsp3) is 0.176. The van der Waals surface area contributed by atoms with Crippen LogP contribution in [0.3, 0.4) is 0 Å². The van der Waals surface area contributed by atoms with Gasteiger partial charge in [-0.25, -0.2) is 4.98 Å². The number of hydrogen-bond acceptors (Lipinski definition) is 3. The summed E-state index contributed by atoms with van der Waals surface area (Å²) in [5.74, 6) is 0.512.